The zero-order valence-electron chi connectivity index (χ0n) is 24.5. The van der Waals surface area contributed by atoms with Crippen molar-refractivity contribution < 1.29 is 53.9 Å². The van der Waals surface area contributed by atoms with Gasteiger partial charge in [-0.15, -0.1) is 0 Å². The van der Waals surface area contributed by atoms with Crippen LogP contribution < -0.4 is 11.1 Å². The number of likely N-dealkylation sites (N-methyl/N-ethyl adjacent to an activating group) is 1. The van der Waals surface area contributed by atoms with Gasteiger partial charge in [-0.2, -0.15) is 0 Å². The number of rotatable bonds is 5. The summed E-state index contributed by atoms with van der Waals surface area (Å²) in [6.45, 7) is 5.77. The monoisotopic (exact) mass is 601 g/mol. The summed E-state index contributed by atoms with van der Waals surface area (Å²) in [5.41, 5.74) is 0.182. The number of aliphatic hydroxyl groups is 3. The number of nitrogens with zero attached hydrogens (tertiary/aromatic N) is 1. The third-order valence-electron chi connectivity index (χ3n) is 8.01. The molecule has 1 fully saturated rings. The summed E-state index contributed by atoms with van der Waals surface area (Å²) in [6.07, 6.45) is -2.54. The molecule has 1 aromatic rings. The molecule has 14 nitrogen and oxygen atoms in total. The molecule has 3 aliphatic carbocycles. The van der Waals surface area contributed by atoms with Gasteiger partial charge in [0.2, 0.25) is 5.78 Å². The van der Waals surface area contributed by atoms with E-state index in [0.717, 1.165) is 0 Å². The smallest absolute Gasteiger partial charge is 0.408 e. The number of carbonyl (C=O) groups excluding carboxylic acids is 5. The Morgan fingerprint density at radius 1 is 1.12 bits per heavy atom. The second-order valence-electron chi connectivity index (χ2n) is 12.1. The molecule has 14 heteroatoms. The second-order valence-corrected chi connectivity index (χ2v) is 12.1. The number of alkyl carbamates (subject to hydrolysis) is 1. The lowest BCUT2D eigenvalue weighted by Crippen LogP contribution is -2.71. The number of phenols is 1. The Hall–Kier alpha value is -4.43. The molecule has 0 saturated heterocycles. The summed E-state index contributed by atoms with van der Waals surface area (Å²) < 4.78 is 10.9. The van der Waals surface area contributed by atoms with Gasteiger partial charge in [-0.1, -0.05) is 19.1 Å². The van der Waals surface area contributed by atoms with E-state index in [1.54, 1.807) is 33.8 Å². The van der Waals surface area contributed by atoms with Crippen LogP contribution in [-0.4, -0.2) is 98.9 Å². The second kappa shape index (κ2) is 10.7. The van der Waals surface area contributed by atoms with Crippen molar-refractivity contribution in [3.63, 3.8) is 0 Å². The molecule has 2 amide bonds. The molecular formula is C29H35N3O11. The average molecular weight is 602 g/mol. The average Bonchev–Trinajstić information content (AvgIpc) is 2.87. The lowest BCUT2D eigenvalue weighted by molar-refractivity contribution is -0.184. The van der Waals surface area contributed by atoms with E-state index in [1.807, 2.05) is 0 Å². The van der Waals surface area contributed by atoms with Gasteiger partial charge in [-0.25, -0.2) is 4.79 Å². The first-order valence-electron chi connectivity index (χ1n) is 13.5. The van der Waals surface area contributed by atoms with Gasteiger partial charge >= 0.3 is 12.1 Å². The number of ketones is 2. The first-order valence-corrected chi connectivity index (χ1v) is 13.5. The Balaban J connectivity index is 1.93. The summed E-state index contributed by atoms with van der Waals surface area (Å²) in [7, 11) is 2.83. The minimum Gasteiger partial charge on any atom is -0.508 e. The minimum atomic E-state index is -3.07. The molecule has 0 radical (unpaired) electrons. The Morgan fingerprint density at radius 3 is 2.30 bits per heavy atom. The number of benzene rings is 1. The zero-order valence-corrected chi connectivity index (χ0v) is 24.5. The normalized spacial score (nSPS) is 28.6. The van der Waals surface area contributed by atoms with E-state index in [2.05, 4.69) is 5.32 Å². The Kier molecular flexibility index (Phi) is 7.83. The maximum atomic E-state index is 14.2. The van der Waals surface area contributed by atoms with Crippen LogP contribution in [0.15, 0.2) is 35.1 Å². The fraction of sp³-hybridized carbons (Fsp3) is 0.483. The third-order valence-corrected chi connectivity index (χ3v) is 8.01. The number of esters is 1. The first-order chi connectivity index (χ1) is 19.8. The highest BCUT2D eigenvalue weighted by Crippen LogP contribution is 2.56. The number of primary amides is 1. The fourth-order valence-corrected chi connectivity index (χ4v) is 6.34. The highest BCUT2D eigenvalue weighted by molar-refractivity contribution is 6.24. The predicted octanol–water partition coefficient (Wildman–Crippen LogP) is 0.571. The highest BCUT2D eigenvalue weighted by Gasteiger charge is 2.69. The molecule has 0 heterocycles. The number of phenolic OH excluding ortho intramolecular Hbond substituents is 1. The van der Waals surface area contributed by atoms with Crippen LogP contribution in [-0.2, 0) is 28.7 Å². The summed E-state index contributed by atoms with van der Waals surface area (Å²) in [5.74, 6) is -10.9. The summed E-state index contributed by atoms with van der Waals surface area (Å²) in [6, 6.07) is 2.84. The van der Waals surface area contributed by atoms with Gasteiger partial charge in [0.25, 0.3) is 5.91 Å². The maximum absolute atomic E-state index is 14.2. The van der Waals surface area contributed by atoms with Gasteiger partial charge in [0.05, 0.1) is 17.5 Å². The molecule has 0 bridgehead atoms. The predicted molar refractivity (Wildman–Crippen MR) is 148 cm³/mol. The van der Waals surface area contributed by atoms with Gasteiger partial charge in [0.15, 0.2) is 11.4 Å². The van der Waals surface area contributed by atoms with E-state index in [1.165, 1.54) is 31.1 Å². The van der Waals surface area contributed by atoms with Gasteiger partial charge in [0.1, 0.15) is 41.1 Å². The number of aliphatic hydroxyl groups excluding tert-OH is 2. The quantitative estimate of drug-likeness (QED) is 0.201. The van der Waals surface area contributed by atoms with E-state index in [0.29, 0.717) is 5.56 Å². The minimum absolute atomic E-state index is 0.108. The van der Waals surface area contributed by atoms with Crippen LogP contribution in [0.2, 0.25) is 0 Å². The molecule has 0 aliphatic heterocycles. The molecule has 4 rings (SSSR count). The van der Waals surface area contributed by atoms with E-state index in [4.69, 9.17) is 15.2 Å². The lowest BCUT2D eigenvalue weighted by atomic mass is 9.54. The SMILES string of the molecule is C[C@H]1c2cccc(O)c2C(O)=C2C(=O)[C@]3(O)C(O)=C(C(N)=O)C(=O)[C@@H](N(C)C)[C@@H]3[C@@H](OC(=O)CNC(=O)OC(C)(C)C)[C@@H]21. The van der Waals surface area contributed by atoms with Crippen LogP contribution in [0.25, 0.3) is 5.76 Å². The molecule has 0 unspecified atom stereocenters. The zero-order chi connectivity index (χ0) is 32.3. The van der Waals surface area contributed by atoms with E-state index in [-0.39, 0.29) is 11.3 Å². The Bertz CT molecular complexity index is 1490. The maximum Gasteiger partial charge on any atom is 0.408 e. The van der Waals surface area contributed by atoms with Crippen LogP contribution in [0.4, 0.5) is 4.79 Å². The van der Waals surface area contributed by atoms with Crippen molar-refractivity contribution in [2.24, 2.45) is 17.6 Å². The number of nitrogens with one attached hydrogen (secondary N) is 1. The van der Waals surface area contributed by atoms with Crippen LogP contribution in [0.1, 0.15) is 44.7 Å². The molecule has 232 valence electrons. The van der Waals surface area contributed by atoms with Gasteiger partial charge in [-0.3, -0.25) is 24.1 Å². The molecule has 7 N–H and O–H groups in total. The van der Waals surface area contributed by atoms with E-state index < -0.39 is 99.8 Å². The summed E-state index contributed by atoms with van der Waals surface area (Å²) in [5, 5.41) is 47.4. The number of Topliss-reactive ketones (excluding diaryl/α,β-unsaturated/α-hetero) is 2. The van der Waals surface area contributed by atoms with Crippen LogP contribution in [0.3, 0.4) is 0 Å². The van der Waals surface area contributed by atoms with Crippen molar-refractivity contribution in [1.29, 1.82) is 0 Å². The number of hydrogen-bond acceptors (Lipinski definition) is 12. The Morgan fingerprint density at radius 2 is 1.74 bits per heavy atom. The molecule has 1 aromatic carbocycles. The third kappa shape index (κ3) is 4.99. The highest BCUT2D eigenvalue weighted by atomic mass is 16.6. The van der Waals surface area contributed by atoms with E-state index in [9.17, 15) is 44.4 Å². The van der Waals surface area contributed by atoms with Crippen LogP contribution in [0, 0.1) is 11.8 Å². The number of hydrogen-bond donors (Lipinski definition) is 6. The number of ether oxygens (including phenoxy) is 2. The number of carbonyl (C=O) groups is 5. The number of fused-ring (bicyclic) bond motifs is 3. The first kappa shape index (κ1) is 31.5. The summed E-state index contributed by atoms with van der Waals surface area (Å²) in [4.78, 5) is 66.7. The Labute approximate surface area is 246 Å². The van der Waals surface area contributed by atoms with Crippen molar-refractivity contribution in [2.45, 2.75) is 57.0 Å². The van der Waals surface area contributed by atoms with Crippen LogP contribution >= 0.6 is 0 Å². The molecule has 1 saturated carbocycles. The van der Waals surface area contributed by atoms with Crippen molar-refractivity contribution >= 4 is 35.3 Å². The topological polar surface area (TPSA) is 226 Å². The molecule has 0 aromatic heterocycles. The molecular weight excluding hydrogens is 566 g/mol. The molecule has 6 atom stereocenters. The van der Waals surface area contributed by atoms with Crippen molar-refractivity contribution in [3.8, 4) is 5.75 Å². The van der Waals surface area contributed by atoms with Crippen molar-refractivity contribution in [1.82, 2.24) is 10.2 Å². The van der Waals surface area contributed by atoms with Crippen LogP contribution in [0.5, 0.6) is 5.75 Å². The summed E-state index contributed by atoms with van der Waals surface area (Å²) >= 11 is 0. The van der Waals surface area contributed by atoms with Crippen molar-refractivity contribution in [3.05, 3.63) is 46.2 Å². The fourth-order valence-electron chi connectivity index (χ4n) is 6.34. The molecule has 43 heavy (non-hydrogen) atoms. The van der Waals surface area contributed by atoms with Gasteiger partial charge in [-0.05, 0) is 52.4 Å². The molecule has 3 aliphatic rings. The van der Waals surface area contributed by atoms with E-state index >= 15 is 0 Å². The van der Waals surface area contributed by atoms with Gasteiger partial charge < -0.3 is 41.0 Å². The number of nitrogens with two attached hydrogens (primary N) is 1. The van der Waals surface area contributed by atoms with Gasteiger partial charge in [0, 0.05) is 11.5 Å². The largest absolute Gasteiger partial charge is 0.508 e. The standard InChI is InChI=1S/C29H35N3O11/c1-11-12-8-7-9-13(33)16(12)21(35)17-15(11)23(42-14(34)10-31-27(40)43-28(2,3)4)19-20(32(5)6)22(36)18(26(30)39)25(38)29(19,41)24(17)37/h7-9,11,15,19-20,23,33,35,38,41H,10H2,1-6H3,(H2,30,39)(H,31,40)/t11-,15+,19+,20-,23-,29-/m0/s1. The molecule has 0 spiro atoms. The van der Waals surface area contributed by atoms with Crippen molar-refractivity contribution in [2.75, 3.05) is 20.6 Å². The number of amides is 2. The number of aromatic hydroxyl groups is 1. The lowest BCUT2D eigenvalue weighted by Gasteiger charge is -2.54.